The lowest BCUT2D eigenvalue weighted by molar-refractivity contribution is -0.117. The highest BCUT2D eigenvalue weighted by molar-refractivity contribution is 8.15. The Hall–Kier alpha value is -2.15. The smallest absolute Gasteiger partial charge is 0.236 e. The number of hydrogen-bond donors (Lipinski definition) is 2. The third kappa shape index (κ3) is 3.92. The lowest BCUT2D eigenvalue weighted by atomic mass is 10.1. The van der Waals surface area contributed by atoms with Crippen molar-refractivity contribution in [3.05, 3.63) is 29.8 Å². The minimum Gasteiger partial charge on any atom is -0.326 e. The molecule has 0 radical (unpaired) electrons. The molecule has 20 heavy (non-hydrogen) atoms. The van der Waals surface area contributed by atoms with Crippen molar-refractivity contribution in [1.82, 2.24) is 5.32 Å². The number of amidine groups is 1. The zero-order valence-electron chi connectivity index (χ0n) is 11.1. The van der Waals surface area contributed by atoms with Crippen LogP contribution in [0.15, 0.2) is 34.5 Å². The average Bonchev–Trinajstić information content (AvgIpc) is 2.82. The number of benzene rings is 1. The number of amides is 2. The quantitative estimate of drug-likeness (QED) is 0.655. The van der Waals surface area contributed by atoms with Gasteiger partial charge in [0, 0.05) is 12.6 Å². The molecular weight excluding hydrogens is 276 g/mol. The Labute approximate surface area is 120 Å². The van der Waals surface area contributed by atoms with E-state index in [0.29, 0.717) is 10.9 Å². The predicted molar refractivity (Wildman–Crippen MR) is 81.0 cm³/mol. The van der Waals surface area contributed by atoms with Crippen LogP contribution in [0.2, 0.25) is 0 Å². The third-order valence-electron chi connectivity index (χ3n) is 2.50. The van der Waals surface area contributed by atoms with Crippen molar-refractivity contribution in [2.75, 3.05) is 11.1 Å². The normalized spacial score (nSPS) is 17.2. The Kier molecular flexibility index (Phi) is 4.52. The number of carbonyl (C=O) groups excluding carboxylic acids is 2. The van der Waals surface area contributed by atoms with Crippen LogP contribution in [0.4, 0.5) is 5.69 Å². The minimum absolute atomic E-state index is 0.0544. The van der Waals surface area contributed by atoms with Crippen molar-refractivity contribution in [1.29, 1.82) is 0 Å². The summed E-state index contributed by atoms with van der Waals surface area (Å²) in [4.78, 5) is 21.9. The van der Waals surface area contributed by atoms with Gasteiger partial charge in [-0.1, -0.05) is 23.9 Å². The highest BCUT2D eigenvalue weighted by Crippen LogP contribution is 2.12. The van der Waals surface area contributed by atoms with Crippen molar-refractivity contribution in [2.24, 2.45) is 10.2 Å². The standard InChI is InChI=1S/C13H14N4O2S/c1-8(16-17-13-15-12(19)7-20-13)10-3-5-11(6-4-10)14-9(2)18/h3-6H,7H2,1-2H3,(H,14,18)(H,15,17,19). The first-order valence-electron chi connectivity index (χ1n) is 5.97. The molecule has 0 unspecified atom stereocenters. The molecule has 1 fully saturated rings. The Morgan fingerprint density at radius 2 is 2.00 bits per heavy atom. The fourth-order valence-corrected chi connectivity index (χ4v) is 2.18. The highest BCUT2D eigenvalue weighted by Gasteiger charge is 2.16. The summed E-state index contributed by atoms with van der Waals surface area (Å²) in [6.45, 7) is 3.29. The zero-order chi connectivity index (χ0) is 14.5. The monoisotopic (exact) mass is 290 g/mol. The lowest BCUT2D eigenvalue weighted by Gasteiger charge is -2.03. The van der Waals surface area contributed by atoms with E-state index in [1.165, 1.54) is 18.7 Å². The van der Waals surface area contributed by atoms with Gasteiger partial charge < -0.3 is 10.6 Å². The molecule has 7 heteroatoms. The van der Waals surface area contributed by atoms with E-state index in [4.69, 9.17) is 0 Å². The van der Waals surface area contributed by atoms with Crippen LogP contribution in [0.5, 0.6) is 0 Å². The zero-order valence-corrected chi connectivity index (χ0v) is 12.0. The van der Waals surface area contributed by atoms with Crippen LogP contribution in [-0.4, -0.2) is 28.4 Å². The molecule has 1 aromatic carbocycles. The largest absolute Gasteiger partial charge is 0.326 e. The number of nitrogens with zero attached hydrogens (tertiary/aromatic N) is 2. The summed E-state index contributed by atoms with van der Waals surface area (Å²) < 4.78 is 0. The predicted octanol–water partition coefficient (Wildman–Crippen LogP) is 1.59. The molecule has 2 amide bonds. The van der Waals surface area contributed by atoms with E-state index in [0.717, 1.165) is 17.0 Å². The van der Waals surface area contributed by atoms with Crippen LogP contribution in [-0.2, 0) is 9.59 Å². The summed E-state index contributed by atoms with van der Waals surface area (Å²) in [6, 6.07) is 7.30. The second-order valence-electron chi connectivity index (χ2n) is 4.19. The van der Waals surface area contributed by atoms with E-state index in [1.54, 1.807) is 12.1 Å². The van der Waals surface area contributed by atoms with Crippen LogP contribution in [0, 0.1) is 0 Å². The number of anilines is 1. The minimum atomic E-state index is -0.108. The summed E-state index contributed by atoms with van der Waals surface area (Å²) in [6.07, 6.45) is 0. The van der Waals surface area contributed by atoms with Gasteiger partial charge in [-0.2, -0.15) is 5.10 Å². The van der Waals surface area contributed by atoms with E-state index >= 15 is 0 Å². The van der Waals surface area contributed by atoms with Crippen molar-refractivity contribution >= 4 is 40.1 Å². The molecule has 0 atom stereocenters. The lowest BCUT2D eigenvalue weighted by Crippen LogP contribution is -2.19. The van der Waals surface area contributed by atoms with Crippen molar-refractivity contribution < 1.29 is 9.59 Å². The number of nitrogens with one attached hydrogen (secondary N) is 2. The van der Waals surface area contributed by atoms with Crippen LogP contribution < -0.4 is 10.6 Å². The summed E-state index contributed by atoms with van der Waals surface area (Å²) in [5.74, 6) is 0.225. The summed E-state index contributed by atoms with van der Waals surface area (Å²) >= 11 is 1.33. The molecule has 0 aromatic heterocycles. The van der Waals surface area contributed by atoms with E-state index in [2.05, 4.69) is 20.8 Å². The average molecular weight is 290 g/mol. The SMILES string of the molecule is CC(=O)Nc1ccc(C(C)=N/N=C2\NC(=O)CS2)cc1. The van der Waals surface area contributed by atoms with E-state index < -0.39 is 0 Å². The summed E-state index contributed by atoms with van der Waals surface area (Å²) in [7, 11) is 0. The van der Waals surface area contributed by atoms with Gasteiger partial charge in [-0.3, -0.25) is 9.59 Å². The molecule has 1 aliphatic heterocycles. The van der Waals surface area contributed by atoms with Gasteiger partial charge in [-0.25, -0.2) is 0 Å². The molecule has 0 bridgehead atoms. The Balaban J connectivity index is 2.07. The van der Waals surface area contributed by atoms with E-state index in [-0.39, 0.29) is 11.8 Å². The number of rotatable bonds is 3. The first kappa shape index (κ1) is 14.3. The second kappa shape index (κ2) is 6.33. The molecule has 0 spiro atoms. The maximum Gasteiger partial charge on any atom is 0.236 e. The first-order chi connectivity index (χ1) is 9.54. The fourth-order valence-electron chi connectivity index (χ4n) is 1.56. The van der Waals surface area contributed by atoms with Gasteiger partial charge in [-0.05, 0) is 24.6 Å². The highest BCUT2D eigenvalue weighted by atomic mass is 32.2. The van der Waals surface area contributed by atoms with Crippen LogP contribution in [0.25, 0.3) is 0 Å². The van der Waals surface area contributed by atoms with Gasteiger partial charge in [0.1, 0.15) is 0 Å². The van der Waals surface area contributed by atoms with Gasteiger partial charge in [0.15, 0.2) is 5.17 Å². The molecule has 2 N–H and O–H groups in total. The molecule has 1 aromatic rings. The Morgan fingerprint density at radius 3 is 2.55 bits per heavy atom. The van der Waals surface area contributed by atoms with E-state index in [1.807, 2.05) is 19.1 Å². The maximum absolute atomic E-state index is 11.0. The van der Waals surface area contributed by atoms with E-state index in [9.17, 15) is 9.59 Å². The Bertz CT molecular complexity index is 593. The molecule has 2 rings (SSSR count). The van der Waals surface area contributed by atoms with Crippen LogP contribution in [0.1, 0.15) is 19.4 Å². The van der Waals surface area contributed by atoms with Crippen molar-refractivity contribution in [2.45, 2.75) is 13.8 Å². The third-order valence-corrected chi connectivity index (χ3v) is 3.36. The molecule has 1 heterocycles. The second-order valence-corrected chi connectivity index (χ2v) is 5.15. The molecule has 0 saturated carbocycles. The van der Waals surface area contributed by atoms with Gasteiger partial charge >= 0.3 is 0 Å². The molecule has 6 nitrogen and oxygen atoms in total. The van der Waals surface area contributed by atoms with Crippen LogP contribution in [0.3, 0.4) is 0 Å². The first-order valence-corrected chi connectivity index (χ1v) is 6.96. The number of thioether (sulfide) groups is 1. The Morgan fingerprint density at radius 1 is 1.30 bits per heavy atom. The molecule has 1 aliphatic rings. The summed E-state index contributed by atoms with van der Waals surface area (Å²) in [5, 5.41) is 13.9. The maximum atomic E-state index is 11.0. The van der Waals surface area contributed by atoms with Crippen molar-refractivity contribution in [3.8, 4) is 0 Å². The van der Waals surface area contributed by atoms with Crippen LogP contribution >= 0.6 is 11.8 Å². The topological polar surface area (TPSA) is 82.9 Å². The summed E-state index contributed by atoms with van der Waals surface area (Å²) in [5.41, 5.74) is 2.37. The molecule has 0 aliphatic carbocycles. The number of hydrogen-bond acceptors (Lipinski definition) is 5. The molecule has 104 valence electrons. The van der Waals surface area contributed by atoms with Gasteiger partial charge in [0.25, 0.3) is 0 Å². The van der Waals surface area contributed by atoms with Gasteiger partial charge in [-0.15, -0.1) is 5.10 Å². The van der Waals surface area contributed by atoms with Gasteiger partial charge in [0.05, 0.1) is 11.5 Å². The molecular formula is C13H14N4O2S. The van der Waals surface area contributed by atoms with Crippen molar-refractivity contribution in [3.63, 3.8) is 0 Å². The fraction of sp³-hybridized carbons (Fsp3) is 0.231. The van der Waals surface area contributed by atoms with Gasteiger partial charge in [0.2, 0.25) is 11.8 Å². The molecule has 1 saturated heterocycles. The number of carbonyl (C=O) groups is 2.